The van der Waals surface area contributed by atoms with Crippen LogP contribution in [0.1, 0.15) is 49.3 Å². The van der Waals surface area contributed by atoms with Crippen molar-refractivity contribution in [1.29, 1.82) is 0 Å². The lowest BCUT2D eigenvalue weighted by molar-refractivity contribution is -0.385. The fourth-order valence-corrected chi connectivity index (χ4v) is 6.16. The Hall–Kier alpha value is -4.19. The average molecular weight is 551 g/mol. The molecule has 10 nitrogen and oxygen atoms in total. The molecule has 3 aliphatic rings. The van der Waals surface area contributed by atoms with Gasteiger partial charge in [0.05, 0.1) is 22.5 Å². The van der Waals surface area contributed by atoms with Crippen molar-refractivity contribution < 1.29 is 23.6 Å². The van der Waals surface area contributed by atoms with Crippen molar-refractivity contribution >= 4 is 29.1 Å². The maximum atomic E-state index is 13.6. The molecular weight excluding hydrogens is 527 g/mol. The molecule has 6 rings (SSSR count). The van der Waals surface area contributed by atoms with Gasteiger partial charge in [0, 0.05) is 29.0 Å². The molecule has 0 saturated carbocycles. The summed E-state index contributed by atoms with van der Waals surface area (Å²) in [6.45, 7) is 3.86. The van der Waals surface area contributed by atoms with Crippen molar-refractivity contribution in [3.8, 4) is 11.5 Å². The van der Waals surface area contributed by atoms with Gasteiger partial charge in [0.2, 0.25) is 6.79 Å². The van der Waals surface area contributed by atoms with Crippen molar-refractivity contribution in [1.82, 2.24) is 9.97 Å². The number of benzene rings is 2. The van der Waals surface area contributed by atoms with Crippen LogP contribution < -0.4 is 20.3 Å². The van der Waals surface area contributed by atoms with Crippen LogP contribution in [0.15, 0.2) is 57.6 Å². The Balaban J connectivity index is 1.49. The van der Waals surface area contributed by atoms with E-state index < -0.39 is 16.4 Å². The monoisotopic (exact) mass is 550 g/mol. The average Bonchev–Trinajstić information content (AvgIpc) is 3.33. The number of hydrogen-bond donors (Lipinski definition) is 2. The summed E-state index contributed by atoms with van der Waals surface area (Å²) < 4.78 is 24.1. The quantitative estimate of drug-likeness (QED) is 0.194. The number of thioether (sulfide) groups is 1. The van der Waals surface area contributed by atoms with Crippen LogP contribution in [0.25, 0.3) is 0 Å². The van der Waals surface area contributed by atoms with E-state index in [9.17, 15) is 24.1 Å². The molecule has 0 spiro atoms. The van der Waals surface area contributed by atoms with Crippen LogP contribution in [-0.4, -0.2) is 27.5 Å². The molecule has 39 heavy (non-hydrogen) atoms. The van der Waals surface area contributed by atoms with Gasteiger partial charge in [-0.25, -0.2) is 9.37 Å². The van der Waals surface area contributed by atoms with Crippen LogP contribution in [-0.2, 0) is 10.5 Å². The third kappa shape index (κ3) is 4.54. The van der Waals surface area contributed by atoms with Crippen molar-refractivity contribution in [3.63, 3.8) is 0 Å². The number of ether oxygens (including phenoxy) is 2. The van der Waals surface area contributed by atoms with E-state index in [1.807, 2.05) is 13.8 Å². The van der Waals surface area contributed by atoms with Crippen molar-refractivity contribution in [3.05, 3.63) is 90.6 Å². The Morgan fingerprint density at radius 1 is 1.15 bits per heavy atom. The number of halogens is 1. The first-order valence-electron chi connectivity index (χ1n) is 12.2. The second kappa shape index (κ2) is 9.23. The summed E-state index contributed by atoms with van der Waals surface area (Å²) in [5.74, 6) is -0.361. The van der Waals surface area contributed by atoms with Gasteiger partial charge < -0.3 is 19.8 Å². The van der Waals surface area contributed by atoms with Gasteiger partial charge in [0.1, 0.15) is 11.6 Å². The number of nitrogens with zero attached hydrogens (tertiary/aromatic N) is 2. The number of aromatic amines is 1. The molecule has 0 bridgehead atoms. The summed E-state index contributed by atoms with van der Waals surface area (Å²) in [5.41, 5.74) is 0.879. The molecule has 2 aromatic carbocycles. The van der Waals surface area contributed by atoms with Crippen molar-refractivity contribution in [2.24, 2.45) is 5.41 Å². The Kier molecular flexibility index (Phi) is 5.94. The Bertz CT molecular complexity index is 1630. The molecule has 0 saturated heterocycles. The van der Waals surface area contributed by atoms with E-state index in [4.69, 9.17) is 9.47 Å². The number of aromatic nitrogens is 2. The number of Topliss-reactive ketones (excluding diaryl/α,β-unsaturated/α-hetero) is 1. The standard InChI is InChI=1S/C27H23FN4O6S/c1-27(2)9-16-22(18(33)10-27)21(15-7-19-20(38-12-37-19)8-17(15)32(35)36)23-24(29-16)30-26(31-25(23)34)39-11-13-3-5-14(28)6-4-13/h3-8,21H,9-12H2,1-2H3,(H2,29,30,31,34). The lowest BCUT2D eigenvalue weighted by Crippen LogP contribution is -2.37. The van der Waals surface area contributed by atoms with E-state index in [0.29, 0.717) is 34.3 Å². The van der Waals surface area contributed by atoms with E-state index in [-0.39, 0.29) is 58.6 Å². The lowest BCUT2D eigenvalue weighted by Gasteiger charge is -2.38. The minimum atomic E-state index is -1.03. The van der Waals surface area contributed by atoms with Crippen LogP contribution in [0.4, 0.5) is 15.9 Å². The van der Waals surface area contributed by atoms with Crippen LogP contribution in [0.2, 0.25) is 0 Å². The molecule has 2 aliphatic heterocycles. The van der Waals surface area contributed by atoms with Gasteiger partial charge >= 0.3 is 0 Å². The Morgan fingerprint density at radius 2 is 1.87 bits per heavy atom. The van der Waals surface area contributed by atoms with E-state index in [0.717, 1.165) is 5.56 Å². The van der Waals surface area contributed by atoms with Gasteiger partial charge in [-0.3, -0.25) is 19.7 Å². The molecule has 3 aromatic rings. The number of anilines is 1. The highest BCUT2D eigenvalue weighted by Gasteiger charge is 2.45. The highest BCUT2D eigenvalue weighted by atomic mass is 32.2. The molecule has 1 aliphatic carbocycles. The van der Waals surface area contributed by atoms with Crippen LogP contribution in [0, 0.1) is 21.3 Å². The highest BCUT2D eigenvalue weighted by Crippen LogP contribution is 2.51. The Labute approximate surface area is 225 Å². The minimum absolute atomic E-state index is 0.0867. The third-order valence-corrected chi connectivity index (χ3v) is 7.96. The third-order valence-electron chi connectivity index (χ3n) is 7.02. The molecule has 1 atom stereocenters. The Morgan fingerprint density at radius 3 is 2.59 bits per heavy atom. The molecule has 2 N–H and O–H groups in total. The SMILES string of the molecule is CC1(C)CC(=O)C2=C(C1)Nc1nc(SCc3ccc(F)cc3)[nH]c(=O)c1C2c1cc2c(cc1[N+](=O)[O-])OCO2. The maximum absolute atomic E-state index is 13.6. The predicted octanol–water partition coefficient (Wildman–Crippen LogP) is 5.04. The number of nitro benzene ring substituents is 1. The molecule has 1 aromatic heterocycles. The summed E-state index contributed by atoms with van der Waals surface area (Å²) in [6.07, 6.45) is 0.726. The number of allylic oxidation sites excluding steroid dienone is 2. The second-order valence-electron chi connectivity index (χ2n) is 10.5. The summed E-state index contributed by atoms with van der Waals surface area (Å²) in [7, 11) is 0. The van der Waals surface area contributed by atoms with E-state index in [1.54, 1.807) is 12.1 Å². The van der Waals surface area contributed by atoms with E-state index >= 15 is 0 Å². The summed E-state index contributed by atoms with van der Waals surface area (Å²) in [6, 6.07) is 8.77. The summed E-state index contributed by atoms with van der Waals surface area (Å²) in [5, 5.41) is 15.7. The largest absolute Gasteiger partial charge is 0.454 e. The van der Waals surface area contributed by atoms with Crippen LogP contribution in [0.5, 0.6) is 11.5 Å². The van der Waals surface area contributed by atoms with E-state index in [1.165, 1.54) is 36.0 Å². The second-order valence-corrected chi connectivity index (χ2v) is 11.4. The van der Waals surface area contributed by atoms with Crippen LogP contribution in [0.3, 0.4) is 0 Å². The van der Waals surface area contributed by atoms with Gasteiger partial charge in [-0.15, -0.1) is 0 Å². The zero-order valence-electron chi connectivity index (χ0n) is 21.0. The first-order valence-corrected chi connectivity index (χ1v) is 13.2. The predicted molar refractivity (Wildman–Crippen MR) is 141 cm³/mol. The number of rotatable bonds is 5. The number of carbonyl (C=O) groups is 1. The first-order chi connectivity index (χ1) is 18.6. The first kappa shape index (κ1) is 25.1. The van der Waals surface area contributed by atoms with Gasteiger partial charge in [-0.05, 0) is 35.6 Å². The molecule has 12 heteroatoms. The molecule has 200 valence electrons. The lowest BCUT2D eigenvalue weighted by atomic mass is 9.69. The topological polar surface area (TPSA) is 136 Å². The molecule has 3 heterocycles. The number of nitrogens with one attached hydrogen (secondary N) is 2. The molecular formula is C27H23FN4O6S. The fraction of sp³-hybridized carbons (Fsp3) is 0.296. The van der Waals surface area contributed by atoms with Crippen LogP contribution >= 0.6 is 11.8 Å². The van der Waals surface area contributed by atoms with Gasteiger partial charge in [0.25, 0.3) is 11.2 Å². The smallest absolute Gasteiger partial charge is 0.277 e. The summed E-state index contributed by atoms with van der Waals surface area (Å²) in [4.78, 5) is 46.1. The number of hydrogen-bond acceptors (Lipinski definition) is 9. The molecule has 0 amide bonds. The number of ketones is 1. The zero-order valence-corrected chi connectivity index (χ0v) is 21.8. The molecule has 0 fully saturated rings. The summed E-state index contributed by atoms with van der Waals surface area (Å²) >= 11 is 1.26. The number of H-pyrrole nitrogens is 1. The number of fused-ring (bicyclic) bond motifs is 2. The number of carbonyl (C=O) groups excluding carboxylic acids is 1. The normalized spacial score (nSPS) is 18.8. The highest BCUT2D eigenvalue weighted by molar-refractivity contribution is 7.98. The van der Waals surface area contributed by atoms with Gasteiger partial charge in [-0.2, -0.15) is 0 Å². The van der Waals surface area contributed by atoms with Crippen molar-refractivity contribution in [2.45, 2.75) is 43.5 Å². The number of nitro groups is 1. The fourth-order valence-electron chi connectivity index (χ4n) is 5.34. The van der Waals surface area contributed by atoms with Gasteiger partial charge in [-0.1, -0.05) is 37.7 Å². The zero-order chi connectivity index (χ0) is 27.5. The van der Waals surface area contributed by atoms with E-state index in [2.05, 4.69) is 15.3 Å². The van der Waals surface area contributed by atoms with Crippen molar-refractivity contribution in [2.75, 3.05) is 12.1 Å². The maximum Gasteiger partial charge on any atom is 0.277 e. The molecule has 0 radical (unpaired) electrons. The molecule has 1 unspecified atom stereocenters. The van der Waals surface area contributed by atoms with Gasteiger partial charge in [0.15, 0.2) is 22.4 Å². The minimum Gasteiger partial charge on any atom is -0.454 e.